The third kappa shape index (κ3) is 4.95. The summed E-state index contributed by atoms with van der Waals surface area (Å²) in [5, 5.41) is 5.46. The predicted molar refractivity (Wildman–Crippen MR) is 126 cm³/mol. The van der Waals surface area contributed by atoms with E-state index in [0.717, 1.165) is 21.9 Å². The van der Waals surface area contributed by atoms with E-state index < -0.39 is 6.10 Å². The highest BCUT2D eigenvalue weighted by Gasteiger charge is 2.24. The summed E-state index contributed by atoms with van der Waals surface area (Å²) >= 11 is 0. The lowest BCUT2D eigenvalue weighted by Crippen LogP contribution is -2.40. The quantitative estimate of drug-likeness (QED) is 0.394. The zero-order valence-corrected chi connectivity index (χ0v) is 17.9. The number of rotatable bonds is 7. The van der Waals surface area contributed by atoms with Crippen LogP contribution < -0.4 is 10.1 Å². The summed E-state index contributed by atoms with van der Waals surface area (Å²) in [6, 6.07) is 32.1. The molecule has 0 aliphatic carbocycles. The molecule has 0 fully saturated rings. The molecule has 31 heavy (non-hydrogen) atoms. The Balaban J connectivity index is 1.56. The van der Waals surface area contributed by atoms with Crippen LogP contribution in [0.5, 0.6) is 5.75 Å². The zero-order valence-electron chi connectivity index (χ0n) is 17.9. The fraction of sp³-hybridized carbons (Fsp3) is 0.179. The Bertz CT molecular complexity index is 1150. The van der Waals surface area contributed by atoms with Crippen LogP contribution in [0.15, 0.2) is 97.1 Å². The number of carbonyl (C=O) groups excluding carboxylic acids is 1. The minimum Gasteiger partial charge on any atom is -0.481 e. The van der Waals surface area contributed by atoms with Gasteiger partial charge < -0.3 is 10.1 Å². The van der Waals surface area contributed by atoms with Gasteiger partial charge in [-0.05, 0) is 47.4 Å². The number of benzene rings is 4. The van der Waals surface area contributed by atoms with Crippen LogP contribution in [-0.4, -0.2) is 12.0 Å². The molecule has 2 atom stereocenters. The molecule has 0 aromatic heterocycles. The number of carbonyl (C=O) groups is 1. The average Bonchev–Trinajstić information content (AvgIpc) is 2.82. The highest BCUT2D eigenvalue weighted by atomic mass is 16.5. The molecule has 0 heterocycles. The number of amides is 1. The third-order valence-corrected chi connectivity index (χ3v) is 5.49. The first-order chi connectivity index (χ1) is 15.1. The van der Waals surface area contributed by atoms with E-state index >= 15 is 0 Å². The first kappa shape index (κ1) is 20.7. The van der Waals surface area contributed by atoms with Crippen molar-refractivity contribution in [2.75, 3.05) is 0 Å². The van der Waals surface area contributed by atoms with Gasteiger partial charge in [0, 0.05) is 0 Å². The second-order valence-electron chi connectivity index (χ2n) is 7.79. The Morgan fingerprint density at radius 1 is 0.806 bits per heavy atom. The van der Waals surface area contributed by atoms with Gasteiger partial charge in [0.05, 0.1) is 6.04 Å². The van der Waals surface area contributed by atoms with E-state index in [4.69, 9.17) is 4.74 Å². The number of fused-ring (bicyclic) bond motifs is 1. The molecule has 156 valence electrons. The molecule has 0 bridgehead atoms. The summed E-state index contributed by atoms with van der Waals surface area (Å²) < 4.78 is 6.11. The van der Waals surface area contributed by atoms with Gasteiger partial charge in [0.2, 0.25) is 0 Å². The normalized spacial score (nSPS) is 12.8. The lowest BCUT2D eigenvalue weighted by atomic mass is 9.97. The van der Waals surface area contributed by atoms with E-state index in [-0.39, 0.29) is 11.9 Å². The van der Waals surface area contributed by atoms with E-state index in [2.05, 4.69) is 42.6 Å². The molecule has 0 saturated heterocycles. The maximum atomic E-state index is 13.2. The molecule has 0 aliphatic rings. The molecule has 1 N–H and O–H groups in total. The Morgan fingerprint density at radius 3 is 2.16 bits per heavy atom. The molecule has 1 amide bonds. The first-order valence-corrected chi connectivity index (χ1v) is 10.7. The minimum absolute atomic E-state index is 0.120. The van der Waals surface area contributed by atoms with Crippen molar-refractivity contribution >= 4 is 16.7 Å². The fourth-order valence-corrected chi connectivity index (χ4v) is 3.73. The van der Waals surface area contributed by atoms with Crippen molar-refractivity contribution in [3.8, 4) is 5.75 Å². The standard InChI is InChI=1S/C28H27NO2/c1-3-26(31-25-18-17-21-9-7-8-12-24(21)19-25)28(30)29-27(22-10-5-4-6-11-22)23-15-13-20(2)14-16-23/h4-19,26-27H,3H2,1-2H3,(H,29,30)/t26-,27+/m1/s1. The minimum atomic E-state index is -0.571. The van der Waals surface area contributed by atoms with Gasteiger partial charge in [-0.15, -0.1) is 0 Å². The van der Waals surface area contributed by atoms with Gasteiger partial charge >= 0.3 is 0 Å². The molecule has 4 aromatic rings. The number of hydrogen-bond acceptors (Lipinski definition) is 2. The van der Waals surface area contributed by atoms with Crippen LogP contribution in [0.1, 0.15) is 36.1 Å². The molecule has 4 rings (SSSR count). The Hall–Kier alpha value is -3.59. The van der Waals surface area contributed by atoms with Crippen molar-refractivity contribution < 1.29 is 9.53 Å². The molecule has 4 aromatic carbocycles. The van der Waals surface area contributed by atoms with Crippen molar-refractivity contribution in [3.63, 3.8) is 0 Å². The van der Waals surface area contributed by atoms with Gasteiger partial charge in [-0.3, -0.25) is 4.79 Å². The first-order valence-electron chi connectivity index (χ1n) is 10.7. The second kappa shape index (κ2) is 9.48. The average molecular weight is 410 g/mol. The number of ether oxygens (including phenoxy) is 1. The van der Waals surface area contributed by atoms with Gasteiger partial charge in [-0.25, -0.2) is 0 Å². The van der Waals surface area contributed by atoms with Gasteiger partial charge in [-0.2, -0.15) is 0 Å². The van der Waals surface area contributed by atoms with Gasteiger partial charge in [0.1, 0.15) is 5.75 Å². The number of nitrogens with one attached hydrogen (secondary N) is 1. The fourth-order valence-electron chi connectivity index (χ4n) is 3.73. The van der Waals surface area contributed by atoms with Crippen LogP contribution in [0.3, 0.4) is 0 Å². The number of hydrogen-bond donors (Lipinski definition) is 1. The van der Waals surface area contributed by atoms with Crippen molar-refractivity contribution in [3.05, 3.63) is 114 Å². The smallest absolute Gasteiger partial charge is 0.261 e. The summed E-state index contributed by atoms with van der Waals surface area (Å²) in [5.41, 5.74) is 3.28. The van der Waals surface area contributed by atoms with Crippen LogP contribution in [0.4, 0.5) is 0 Å². The van der Waals surface area contributed by atoms with Crippen LogP contribution in [0.2, 0.25) is 0 Å². The van der Waals surface area contributed by atoms with Gasteiger partial charge in [0.25, 0.3) is 5.91 Å². The highest BCUT2D eigenvalue weighted by Crippen LogP contribution is 2.25. The van der Waals surface area contributed by atoms with E-state index in [0.29, 0.717) is 12.2 Å². The third-order valence-electron chi connectivity index (χ3n) is 5.49. The molecule has 0 radical (unpaired) electrons. The summed E-state index contributed by atoms with van der Waals surface area (Å²) in [6.07, 6.45) is 0.00599. The van der Waals surface area contributed by atoms with E-state index in [9.17, 15) is 4.79 Å². The Labute approximate surface area is 183 Å². The van der Waals surface area contributed by atoms with Crippen LogP contribution >= 0.6 is 0 Å². The molecule has 3 heteroatoms. The molecule has 0 spiro atoms. The maximum absolute atomic E-state index is 13.2. The largest absolute Gasteiger partial charge is 0.481 e. The maximum Gasteiger partial charge on any atom is 0.261 e. The van der Waals surface area contributed by atoms with E-state index in [1.165, 1.54) is 5.56 Å². The molecule has 0 saturated carbocycles. The summed E-state index contributed by atoms with van der Waals surface area (Å²) in [4.78, 5) is 13.2. The molecular formula is C28H27NO2. The molecule has 0 aliphatic heterocycles. The second-order valence-corrected chi connectivity index (χ2v) is 7.79. The van der Waals surface area contributed by atoms with E-state index in [1.54, 1.807) is 0 Å². The molecule has 0 unspecified atom stereocenters. The van der Waals surface area contributed by atoms with Crippen LogP contribution in [0.25, 0.3) is 10.8 Å². The van der Waals surface area contributed by atoms with Gasteiger partial charge in [0.15, 0.2) is 6.10 Å². The highest BCUT2D eigenvalue weighted by molar-refractivity contribution is 5.84. The molecule has 3 nitrogen and oxygen atoms in total. The van der Waals surface area contributed by atoms with Crippen molar-refractivity contribution in [2.45, 2.75) is 32.4 Å². The van der Waals surface area contributed by atoms with Crippen molar-refractivity contribution in [1.82, 2.24) is 5.32 Å². The summed E-state index contributed by atoms with van der Waals surface area (Å²) in [7, 11) is 0. The zero-order chi connectivity index (χ0) is 21.6. The van der Waals surface area contributed by atoms with Crippen LogP contribution in [-0.2, 0) is 4.79 Å². The topological polar surface area (TPSA) is 38.3 Å². The lowest BCUT2D eigenvalue weighted by Gasteiger charge is -2.24. The Kier molecular flexibility index (Phi) is 6.32. The SMILES string of the molecule is CC[C@@H](Oc1ccc2ccccc2c1)C(=O)N[C@@H](c1ccccc1)c1ccc(C)cc1. The van der Waals surface area contributed by atoms with Crippen molar-refractivity contribution in [1.29, 1.82) is 0 Å². The molecular weight excluding hydrogens is 382 g/mol. The summed E-state index contributed by atoms with van der Waals surface area (Å²) in [5.74, 6) is 0.581. The Morgan fingerprint density at radius 2 is 1.45 bits per heavy atom. The lowest BCUT2D eigenvalue weighted by molar-refractivity contribution is -0.128. The monoisotopic (exact) mass is 409 g/mol. The summed E-state index contributed by atoms with van der Waals surface area (Å²) in [6.45, 7) is 4.03. The van der Waals surface area contributed by atoms with E-state index in [1.807, 2.05) is 73.7 Å². The number of aryl methyl sites for hydroxylation is 1. The van der Waals surface area contributed by atoms with Crippen molar-refractivity contribution in [2.24, 2.45) is 0 Å². The predicted octanol–water partition coefficient (Wildman–Crippen LogP) is 6.21. The van der Waals surface area contributed by atoms with Crippen LogP contribution in [0, 0.1) is 6.92 Å². The van der Waals surface area contributed by atoms with Gasteiger partial charge in [-0.1, -0.05) is 97.4 Å².